The van der Waals surface area contributed by atoms with Crippen LogP contribution in [0.25, 0.3) is 0 Å². The average molecular weight is 250 g/mol. The van der Waals surface area contributed by atoms with E-state index in [-0.39, 0.29) is 24.4 Å². The van der Waals surface area contributed by atoms with Gasteiger partial charge in [0.2, 0.25) is 5.91 Å². The van der Waals surface area contributed by atoms with E-state index in [0.717, 1.165) is 19.6 Å². The van der Waals surface area contributed by atoms with Crippen LogP contribution in [-0.4, -0.2) is 61.0 Å². The number of piperazine rings is 1. The van der Waals surface area contributed by atoms with E-state index in [4.69, 9.17) is 0 Å². The number of carbonyl (C=O) groups excluding carboxylic acids is 1. The zero-order chi connectivity index (χ0) is 11.4. The molecule has 1 unspecified atom stereocenters. The number of halogens is 1. The van der Waals surface area contributed by atoms with Gasteiger partial charge in [0.1, 0.15) is 0 Å². The molecule has 0 saturated carbocycles. The summed E-state index contributed by atoms with van der Waals surface area (Å²) in [7, 11) is 1.87. The van der Waals surface area contributed by atoms with Gasteiger partial charge in [-0.05, 0) is 20.8 Å². The topological polar surface area (TPSA) is 35.6 Å². The predicted molar refractivity (Wildman–Crippen MR) is 69.1 cm³/mol. The normalized spacial score (nSPS) is 21.7. The first-order valence-electron chi connectivity index (χ1n) is 5.72. The van der Waals surface area contributed by atoms with E-state index in [1.165, 1.54) is 0 Å². The number of nitrogens with zero attached hydrogens (tertiary/aromatic N) is 2. The minimum absolute atomic E-state index is 0. The second-order valence-electron chi connectivity index (χ2n) is 4.69. The molecule has 1 rings (SSSR count). The lowest BCUT2D eigenvalue weighted by Gasteiger charge is -2.33. The zero-order valence-electron chi connectivity index (χ0n) is 10.7. The molecule has 0 radical (unpaired) electrons. The van der Waals surface area contributed by atoms with Gasteiger partial charge in [-0.3, -0.25) is 9.69 Å². The van der Waals surface area contributed by atoms with E-state index in [1.54, 1.807) is 0 Å². The van der Waals surface area contributed by atoms with Gasteiger partial charge in [0.05, 0.1) is 6.54 Å². The first kappa shape index (κ1) is 15.7. The molecule has 0 aromatic heterocycles. The number of carbonyl (C=O) groups is 1. The van der Waals surface area contributed by atoms with Crippen LogP contribution in [0, 0.1) is 0 Å². The Bertz CT molecular complexity index is 223. The van der Waals surface area contributed by atoms with Crippen molar-refractivity contribution < 1.29 is 4.79 Å². The molecule has 1 aliphatic rings. The van der Waals surface area contributed by atoms with E-state index in [1.807, 2.05) is 25.8 Å². The first-order valence-corrected chi connectivity index (χ1v) is 5.72. The maximum absolute atomic E-state index is 11.8. The van der Waals surface area contributed by atoms with Gasteiger partial charge in [-0.2, -0.15) is 0 Å². The summed E-state index contributed by atoms with van der Waals surface area (Å²) < 4.78 is 0. The standard InChI is InChI=1S/C11H23N3O.ClH/c1-9(2)13(4)11(15)8-14-6-5-12-10(3)7-14;/h9-10,12H,5-8H2,1-4H3;1H. The van der Waals surface area contributed by atoms with Crippen molar-refractivity contribution in [1.82, 2.24) is 15.1 Å². The Morgan fingerprint density at radius 2 is 2.19 bits per heavy atom. The summed E-state index contributed by atoms with van der Waals surface area (Å²) in [6.07, 6.45) is 0. The van der Waals surface area contributed by atoms with Crippen molar-refractivity contribution in [2.45, 2.75) is 32.9 Å². The Morgan fingerprint density at radius 1 is 1.56 bits per heavy atom. The highest BCUT2D eigenvalue weighted by Crippen LogP contribution is 2.01. The third kappa shape index (κ3) is 4.68. The molecule has 1 heterocycles. The quantitative estimate of drug-likeness (QED) is 0.795. The molecule has 16 heavy (non-hydrogen) atoms. The molecular weight excluding hydrogens is 226 g/mol. The van der Waals surface area contributed by atoms with Crippen molar-refractivity contribution in [2.75, 3.05) is 33.2 Å². The van der Waals surface area contributed by atoms with Gasteiger partial charge in [0, 0.05) is 38.8 Å². The van der Waals surface area contributed by atoms with Gasteiger partial charge in [-0.25, -0.2) is 0 Å². The lowest BCUT2D eigenvalue weighted by Crippen LogP contribution is -2.52. The number of likely N-dealkylation sites (N-methyl/N-ethyl adjacent to an activating group) is 1. The SMILES string of the molecule is CC1CN(CC(=O)N(C)C(C)C)CCN1.Cl. The molecule has 5 heteroatoms. The highest BCUT2D eigenvalue weighted by atomic mass is 35.5. The van der Waals surface area contributed by atoms with Crippen molar-refractivity contribution in [3.63, 3.8) is 0 Å². The van der Waals surface area contributed by atoms with Crippen molar-refractivity contribution in [1.29, 1.82) is 0 Å². The fourth-order valence-corrected chi connectivity index (χ4v) is 1.75. The molecule has 1 aliphatic heterocycles. The summed E-state index contributed by atoms with van der Waals surface area (Å²) in [5.74, 6) is 0.221. The van der Waals surface area contributed by atoms with E-state index in [0.29, 0.717) is 12.6 Å². The molecular formula is C11H24ClN3O. The molecule has 0 aromatic rings. The Labute approximate surface area is 105 Å². The highest BCUT2D eigenvalue weighted by molar-refractivity contribution is 5.85. The minimum Gasteiger partial charge on any atom is -0.342 e. The summed E-state index contributed by atoms with van der Waals surface area (Å²) in [6, 6.07) is 0.786. The molecule has 1 N–H and O–H groups in total. The molecule has 1 saturated heterocycles. The van der Waals surface area contributed by atoms with Crippen LogP contribution in [0.4, 0.5) is 0 Å². The fraction of sp³-hybridized carbons (Fsp3) is 0.909. The average Bonchev–Trinajstić information content (AvgIpc) is 2.16. The monoisotopic (exact) mass is 249 g/mol. The summed E-state index contributed by atoms with van der Waals surface area (Å²) >= 11 is 0. The molecule has 0 aliphatic carbocycles. The fourth-order valence-electron chi connectivity index (χ4n) is 1.75. The van der Waals surface area contributed by atoms with Crippen LogP contribution in [0.5, 0.6) is 0 Å². The third-order valence-corrected chi connectivity index (χ3v) is 2.98. The summed E-state index contributed by atoms with van der Waals surface area (Å²) in [6.45, 7) is 9.72. The maximum atomic E-state index is 11.8. The predicted octanol–water partition coefficient (Wildman–Crippen LogP) is 0.569. The Morgan fingerprint density at radius 3 is 2.69 bits per heavy atom. The van der Waals surface area contributed by atoms with Crippen LogP contribution in [0.1, 0.15) is 20.8 Å². The molecule has 4 nitrogen and oxygen atoms in total. The Balaban J connectivity index is 0.00000225. The van der Waals surface area contributed by atoms with Gasteiger partial charge in [-0.1, -0.05) is 0 Å². The van der Waals surface area contributed by atoms with Crippen LogP contribution in [-0.2, 0) is 4.79 Å². The molecule has 0 spiro atoms. The van der Waals surface area contributed by atoms with Gasteiger partial charge in [0.15, 0.2) is 0 Å². The van der Waals surface area contributed by atoms with Crippen molar-refractivity contribution in [2.24, 2.45) is 0 Å². The smallest absolute Gasteiger partial charge is 0.236 e. The van der Waals surface area contributed by atoms with Gasteiger partial charge in [0.25, 0.3) is 0 Å². The van der Waals surface area contributed by atoms with E-state index in [9.17, 15) is 4.79 Å². The van der Waals surface area contributed by atoms with Gasteiger partial charge >= 0.3 is 0 Å². The maximum Gasteiger partial charge on any atom is 0.236 e. The van der Waals surface area contributed by atoms with E-state index >= 15 is 0 Å². The van der Waals surface area contributed by atoms with E-state index in [2.05, 4.69) is 17.1 Å². The Hall–Kier alpha value is -0.320. The third-order valence-electron chi connectivity index (χ3n) is 2.98. The first-order chi connectivity index (χ1) is 7.00. The summed E-state index contributed by atoms with van der Waals surface area (Å²) in [5.41, 5.74) is 0. The Kier molecular flexibility index (Phi) is 6.95. The molecule has 0 aromatic carbocycles. The molecule has 0 bridgehead atoms. The summed E-state index contributed by atoms with van der Waals surface area (Å²) in [5, 5.41) is 3.37. The van der Waals surface area contributed by atoms with Crippen molar-refractivity contribution in [3.8, 4) is 0 Å². The van der Waals surface area contributed by atoms with Crippen molar-refractivity contribution >= 4 is 18.3 Å². The largest absolute Gasteiger partial charge is 0.342 e. The van der Waals surface area contributed by atoms with Gasteiger partial charge < -0.3 is 10.2 Å². The second kappa shape index (κ2) is 7.09. The molecule has 1 amide bonds. The van der Waals surface area contributed by atoms with E-state index < -0.39 is 0 Å². The lowest BCUT2D eigenvalue weighted by molar-refractivity contribution is -0.132. The molecule has 96 valence electrons. The number of nitrogens with one attached hydrogen (secondary N) is 1. The zero-order valence-corrected chi connectivity index (χ0v) is 11.5. The van der Waals surface area contributed by atoms with Crippen LogP contribution in [0.15, 0.2) is 0 Å². The van der Waals surface area contributed by atoms with Crippen molar-refractivity contribution in [3.05, 3.63) is 0 Å². The second-order valence-corrected chi connectivity index (χ2v) is 4.69. The van der Waals surface area contributed by atoms with Gasteiger partial charge in [-0.15, -0.1) is 12.4 Å². The minimum atomic E-state index is 0. The number of amides is 1. The van der Waals surface area contributed by atoms with Crippen LogP contribution in [0.3, 0.4) is 0 Å². The van der Waals surface area contributed by atoms with Crippen LogP contribution >= 0.6 is 12.4 Å². The molecule has 1 atom stereocenters. The number of hydrogen-bond acceptors (Lipinski definition) is 3. The lowest BCUT2D eigenvalue weighted by atomic mass is 10.2. The van der Waals surface area contributed by atoms with Crippen LogP contribution < -0.4 is 5.32 Å². The number of hydrogen-bond donors (Lipinski definition) is 1. The molecule has 1 fully saturated rings. The summed E-state index contributed by atoms with van der Waals surface area (Å²) in [4.78, 5) is 15.9. The van der Waals surface area contributed by atoms with Crippen LogP contribution in [0.2, 0.25) is 0 Å². The highest BCUT2D eigenvalue weighted by Gasteiger charge is 2.20. The number of rotatable bonds is 3.